The Morgan fingerprint density at radius 2 is 1.87 bits per heavy atom. The molecule has 0 radical (unpaired) electrons. The molecule has 116 valence electrons. The second-order valence-corrected chi connectivity index (χ2v) is 6.34. The molecule has 0 unspecified atom stereocenters. The Morgan fingerprint density at radius 3 is 2.61 bits per heavy atom. The average Bonchev–Trinajstić information content (AvgIpc) is 3.20. The highest BCUT2D eigenvalue weighted by Gasteiger charge is 2.11. The van der Waals surface area contributed by atoms with Gasteiger partial charge >= 0.3 is 0 Å². The summed E-state index contributed by atoms with van der Waals surface area (Å²) in [5, 5.41) is 11.4. The van der Waals surface area contributed by atoms with Crippen molar-refractivity contribution in [2.75, 3.05) is 10.6 Å². The molecule has 2 N–H and O–H groups in total. The zero-order chi connectivity index (χ0) is 16.1. The number of hydrogen-bond donors (Lipinski definition) is 2. The van der Waals surface area contributed by atoms with E-state index in [0.717, 1.165) is 5.69 Å². The summed E-state index contributed by atoms with van der Waals surface area (Å²) in [6.07, 6.45) is 0.166. The molecule has 1 aromatic carbocycles. The van der Waals surface area contributed by atoms with Crippen LogP contribution in [-0.2, 0) is 11.2 Å². The lowest BCUT2D eigenvalue weighted by Crippen LogP contribution is -2.15. The number of rotatable bonds is 5. The topological polar surface area (TPSA) is 71.1 Å². The van der Waals surface area contributed by atoms with E-state index in [4.69, 9.17) is 0 Å². The Labute approximate surface area is 141 Å². The van der Waals surface area contributed by atoms with Gasteiger partial charge in [0.25, 0.3) is 5.91 Å². The van der Waals surface area contributed by atoms with Gasteiger partial charge in [-0.2, -0.15) is 11.3 Å². The summed E-state index contributed by atoms with van der Waals surface area (Å²) in [6, 6.07) is 11.0. The van der Waals surface area contributed by atoms with Gasteiger partial charge in [-0.1, -0.05) is 18.2 Å². The van der Waals surface area contributed by atoms with E-state index in [1.54, 1.807) is 16.8 Å². The zero-order valence-corrected chi connectivity index (χ0v) is 13.6. The van der Waals surface area contributed by atoms with E-state index in [9.17, 15) is 9.59 Å². The van der Waals surface area contributed by atoms with Crippen molar-refractivity contribution < 1.29 is 9.59 Å². The highest BCUT2D eigenvalue weighted by Crippen LogP contribution is 2.18. The first-order valence-corrected chi connectivity index (χ1v) is 8.66. The number of para-hydroxylation sites is 1. The molecular formula is C16H13N3O2S2. The van der Waals surface area contributed by atoms with E-state index >= 15 is 0 Å². The molecule has 7 heteroatoms. The first-order valence-electron chi connectivity index (χ1n) is 6.83. The molecule has 3 aromatic rings. The molecule has 2 aromatic heterocycles. The molecular weight excluding hydrogens is 330 g/mol. The second-order valence-electron chi connectivity index (χ2n) is 4.70. The minimum Gasteiger partial charge on any atom is -0.326 e. The minimum absolute atomic E-state index is 0.141. The molecule has 3 rings (SSSR count). The highest BCUT2D eigenvalue weighted by atomic mass is 32.1. The number of amides is 2. The Morgan fingerprint density at radius 1 is 1.04 bits per heavy atom. The highest BCUT2D eigenvalue weighted by molar-refractivity contribution is 7.14. The zero-order valence-electron chi connectivity index (χ0n) is 12.0. The average molecular weight is 343 g/mol. The Balaban J connectivity index is 1.57. The van der Waals surface area contributed by atoms with E-state index in [-0.39, 0.29) is 18.2 Å². The number of hydrogen-bond acceptors (Lipinski definition) is 5. The first-order chi connectivity index (χ1) is 11.2. The molecule has 0 aliphatic heterocycles. The van der Waals surface area contributed by atoms with Crippen molar-refractivity contribution in [2.45, 2.75) is 6.42 Å². The molecule has 0 saturated heterocycles. The molecule has 0 aliphatic rings. The van der Waals surface area contributed by atoms with Crippen LogP contribution >= 0.6 is 22.7 Å². The van der Waals surface area contributed by atoms with Crippen LogP contribution in [-0.4, -0.2) is 16.8 Å². The third-order valence-electron chi connectivity index (χ3n) is 2.95. The van der Waals surface area contributed by atoms with E-state index in [1.807, 2.05) is 35.7 Å². The standard InChI is InChI=1S/C16H13N3O2S2/c20-14(17-12-4-2-1-3-5-12)8-13-10-23-16(18-13)19-15(21)11-6-7-22-9-11/h1-7,9-10H,8H2,(H,17,20)(H,18,19,21). The van der Waals surface area contributed by atoms with Crippen LogP contribution in [0.2, 0.25) is 0 Å². The van der Waals surface area contributed by atoms with Crippen molar-refractivity contribution in [2.24, 2.45) is 0 Å². The van der Waals surface area contributed by atoms with Crippen molar-refractivity contribution in [3.05, 3.63) is 63.8 Å². The van der Waals surface area contributed by atoms with Gasteiger partial charge in [0.2, 0.25) is 5.91 Å². The van der Waals surface area contributed by atoms with Gasteiger partial charge in [-0.3, -0.25) is 14.9 Å². The lowest BCUT2D eigenvalue weighted by Gasteiger charge is -2.03. The summed E-state index contributed by atoms with van der Waals surface area (Å²) in [5.74, 6) is -0.335. The van der Waals surface area contributed by atoms with Crippen molar-refractivity contribution in [3.63, 3.8) is 0 Å². The predicted octanol–water partition coefficient (Wildman–Crippen LogP) is 3.64. The van der Waals surface area contributed by atoms with E-state index in [1.165, 1.54) is 22.7 Å². The predicted molar refractivity (Wildman–Crippen MR) is 93.2 cm³/mol. The number of nitrogens with one attached hydrogen (secondary N) is 2. The molecule has 2 heterocycles. The summed E-state index contributed by atoms with van der Waals surface area (Å²) in [7, 11) is 0. The maximum Gasteiger partial charge on any atom is 0.258 e. The fourth-order valence-corrected chi connectivity index (χ4v) is 3.24. The maximum atomic E-state index is 12.0. The molecule has 0 atom stereocenters. The third-order valence-corrected chi connectivity index (χ3v) is 4.44. The first kappa shape index (κ1) is 15.4. The Kier molecular flexibility index (Phi) is 4.80. The molecule has 0 spiro atoms. The van der Waals surface area contributed by atoms with Crippen LogP contribution in [0.3, 0.4) is 0 Å². The fourth-order valence-electron chi connectivity index (χ4n) is 1.90. The molecule has 5 nitrogen and oxygen atoms in total. The molecule has 0 fully saturated rings. The number of carbonyl (C=O) groups excluding carboxylic acids is 2. The minimum atomic E-state index is -0.194. The van der Waals surface area contributed by atoms with Gasteiger partial charge in [0, 0.05) is 16.4 Å². The molecule has 0 bridgehead atoms. The Bertz CT molecular complexity index is 798. The van der Waals surface area contributed by atoms with Gasteiger partial charge in [-0.15, -0.1) is 11.3 Å². The number of anilines is 2. The SMILES string of the molecule is O=C(Cc1csc(NC(=O)c2ccsc2)n1)Nc1ccccc1. The van der Waals surface area contributed by atoms with Crippen LogP contribution < -0.4 is 10.6 Å². The van der Waals surface area contributed by atoms with Gasteiger partial charge < -0.3 is 5.32 Å². The third kappa shape index (κ3) is 4.24. The van der Waals surface area contributed by atoms with Gasteiger partial charge in [0.1, 0.15) is 0 Å². The maximum absolute atomic E-state index is 12.0. The number of aromatic nitrogens is 1. The Hall–Kier alpha value is -2.51. The van der Waals surface area contributed by atoms with Gasteiger partial charge in [-0.25, -0.2) is 4.98 Å². The summed E-state index contributed by atoms with van der Waals surface area (Å²) >= 11 is 2.77. The number of thiophene rings is 1. The molecule has 0 saturated carbocycles. The lowest BCUT2D eigenvalue weighted by molar-refractivity contribution is -0.115. The smallest absolute Gasteiger partial charge is 0.258 e. The fraction of sp³-hybridized carbons (Fsp3) is 0.0625. The van der Waals surface area contributed by atoms with Crippen LogP contribution in [0.4, 0.5) is 10.8 Å². The van der Waals surface area contributed by atoms with Gasteiger partial charge in [-0.05, 0) is 23.6 Å². The molecule has 23 heavy (non-hydrogen) atoms. The second kappa shape index (κ2) is 7.17. The number of nitrogens with zero attached hydrogens (tertiary/aromatic N) is 1. The van der Waals surface area contributed by atoms with E-state index in [0.29, 0.717) is 16.4 Å². The quantitative estimate of drug-likeness (QED) is 0.743. The van der Waals surface area contributed by atoms with Crippen LogP contribution in [0.15, 0.2) is 52.5 Å². The summed E-state index contributed by atoms with van der Waals surface area (Å²) in [5.41, 5.74) is 1.98. The van der Waals surface area contributed by atoms with E-state index < -0.39 is 0 Å². The van der Waals surface area contributed by atoms with Crippen molar-refractivity contribution in [3.8, 4) is 0 Å². The normalized spacial score (nSPS) is 10.3. The van der Waals surface area contributed by atoms with Crippen molar-refractivity contribution in [1.82, 2.24) is 4.98 Å². The van der Waals surface area contributed by atoms with Gasteiger partial charge in [0.15, 0.2) is 5.13 Å². The number of carbonyl (C=O) groups is 2. The van der Waals surface area contributed by atoms with Crippen LogP contribution in [0, 0.1) is 0 Å². The van der Waals surface area contributed by atoms with Gasteiger partial charge in [0.05, 0.1) is 17.7 Å². The lowest BCUT2D eigenvalue weighted by atomic mass is 10.3. The summed E-state index contributed by atoms with van der Waals surface area (Å²) < 4.78 is 0. The summed E-state index contributed by atoms with van der Waals surface area (Å²) in [6.45, 7) is 0. The van der Waals surface area contributed by atoms with Crippen LogP contribution in [0.25, 0.3) is 0 Å². The molecule has 0 aliphatic carbocycles. The van der Waals surface area contributed by atoms with E-state index in [2.05, 4.69) is 15.6 Å². The largest absolute Gasteiger partial charge is 0.326 e. The monoisotopic (exact) mass is 343 g/mol. The van der Waals surface area contributed by atoms with Crippen LogP contribution in [0.5, 0.6) is 0 Å². The van der Waals surface area contributed by atoms with Crippen molar-refractivity contribution in [1.29, 1.82) is 0 Å². The molecule has 2 amide bonds. The summed E-state index contributed by atoms with van der Waals surface area (Å²) in [4.78, 5) is 28.2. The van der Waals surface area contributed by atoms with Crippen LogP contribution in [0.1, 0.15) is 16.1 Å². The van der Waals surface area contributed by atoms with Crippen molar-refractivity contribution >= 4 is 45.3 Å². The number of thiazole rings is 1. The number of benzene rings is 1.